The van der Waals surface area contributed by atoms with E-state index >= 15 is 0 Å². The summed E-state index contributed by atoms with van der Waals surface area (Å²) in [6.07, 6.45) is 2.46. The molecule has 1 aliphatic carbocycles. The third-order valence-corrected chi connectivity index (χ3v) is 3.80. The first-order chi connectivity index (χ1) is 8.33. The molecule has 0 bridgehead atoms. The van der Waals surface area contributed by atoms with Gasteiger partial charge < -0.3 is 10.1 Å². The summed E-state index contributed by atoms with van der Waals surface area (Å²) >= 11 is 0. The lowest BCUT2D eigenvalue weighted by Crippen LogP contribution is -2.24. The van der Waals surface area contributed by atoms with Gasteiger partial charge in [-0.15, -0.1) is 0 Å². The molecule has 94 valence electrons. The summed E-state index contributed by atoms with van der Waals surface area (Å²) in [5, 5.41) is 3.52. The Bertz CT molecular complexity index is 338. The van der Waals surface area contributed by atoms with Gasteiger partial charge in [-0.1, -0.05) is 37.3 Å². The van der Waals surface area contributed by atoms with Gasteiger partial charge in [-0.2, -0.15) is 0 Å². The zero-order chi connectivity index (χ0) is 12.1. The van der Waals surface area contributed by atoms with Crippen LogP contribution in [0, 0.1) is 5.92 Å². The van der Waals surface area contributed by atoms with E-state index in [-0.39, 0.29) is 5.41 Å². The highest BCUT2D eigenvalue weighted by molar-refractivity contribution is 5.34. The van der Waals surface area contributed by atoms with Crippen LogP contribution in [-0.2, 0) is 10.2 Å². The minimum Gasteiger partial charge on any atom is -0.384 e. The summed E-state index contributed by atoms with van der Waals surface area (Å²) in [4.78, 5) is 0. The highest BCUT2D eigenvalue weighted by Gasteiger charge is 2.54. The van der Waals surface area contributed by atoms with Crippen molar-refractivity contribution >= 4 is 0 Å². The van der Waals surface area contributed by atoms with E-state index in [1.807, 2.05) is 0 Å². The number of hydrogen-bond donors (Lipinski definition) is 1. The molecule has 0 aromatic heterocycles. The molecule has 0 spiro atoms. The van der Waals surface area contributed by atoms with Gasteiger partial charge in [0.25, 0.3) is 0 Å². The monoisotopic (exact) mass is 233 g/mol. The molecule has 2 atom stereocenters. The molecule has 1 N–H and O–H groups in total. The van der Waals surface area contributed by atoms with Crippen LogP contribution in [0.2, 0.25) is 0 Å². The van der Waals surface area contributed by atoms with Crippen LogP contribution in [0.4, 0.5) is 0 Å². The van der Waals surface area contributed by atoms with E-state index in [1.165, 1.54) is 18.4 Å². The Morgan fingerprint density at radius 3 is 2.76 bits per heavy atom. The molecule has 0 amide bonds. The van der Waals surface area contributed by atoms with Gasteiger partial charge in [0.2, 0.25) is 0 Å². The predicted octanol–water partition coefficient (Wildman–Crippen LogP) is 2.59. The number of nitrogens with one attached hydrogen (secondary N) is 1. The van der Waals surface area contributed by atoms with E-state index in [4.69, 9.17) is 4.74 Å². The smallest absolute Gasteiger partial charge is 0.0562 e. The van der Waals surface area contributed by atoms with Crippen LogP contribution >= 0.6 is 0 Å². The maximum absolute atomic E-state index is 5.43. The maximum Gasteiger partial charge on any atom is 0.0562 e. The van der Waals surface area contributed by atoms with Crippen LogP contribution < -0.4 is 5.32 Å². The van der Waals surface area contributed by atoms with E-state index in [1.54, 1.807) is 7.11 Å². The van der Waals surface area contributed by atoms with E-state index in [0.717, 1.165) is 25.6 Å². The summed E-state index contributed by atoms with van der Waals surface area (Å²) in [6.45, 7) is 5.29. The average molecular weight is 233 g/mol. The van der Waals surface area contributed by atoms with Crippen molar-refractivity contribution < 1.29 is 4.74 Å². The van der Waals surface area contributed by atoms with Crippen LogP contribution in [0.25, 0.3) is 0 Å². The molecule has 0 heterocycles. The summed E-state index contributed by atoms with van der Waals surface area (Å²) in [6, 6.07) is 10.8. The van der Waals surface area contributed by atoms with Gasteiger partial charge in [-0.05, 0) is 37.4 Å². The second kappa shape index (κ2) is 5.65. The largest absolute Gasteiger partial charge is 0.384 e. The van der Waals surface area contributed by atoms with E-state index < -0.39 is 0 Å². The van der Waals surface area contributed by atoms with Gasteiger partial charge in [0.15, 0.2) is 0 Å². The maximum atomic E-state index is 5.43. The molecule has 2 rings (SSSR count). The van der Waals surface area contributed by atoms with Gasteiger partial charge in [0.05, 0.1) is 6.61 Å². The van der Waals surface area contributed by atoms with Crippen molar-refractivity contribution in [3.63, 3.8) is 0 Å². The SMILES string of the molecule is CCCNCC1CC1(COC)c1ccccc1. The van der Waals surface area contributed by atoms with E-state index in [2.05, 4.69) is 42.6 Å². The lowest BCUT2D eigenvalue weighted by atomic mass is 9.94. The zero-order valence-corrected chi connectivity index (χ0v) is 10.9. The molecule has 1 fully saturated rings. The Balaban J connectivity index is 1.99. The minimum atomic E-state index is 0.275. The molecule has 2 heteroatoms. The van der Waals surface area contributed by atoms with E-state index in [0.29, 0.717) is 0 Å². The Kier molecular flexibility index (Phi) is 4.19. The summed E-state index contributed by atoms with van der Waals surface area (Å²) in [5.41, 5.74) is 1.71. The average Bonchev–Trinajstić information content (AvgIpc) is 3.06. The van der Waals surface area contributed by atoms with Gasteiger partial charge in [0, 0.05) is 12.5 Å². The molecular formula is C15H23NO. The molecule has 0 saturated heterocycles. The van der Waals surface area contributed by atoms with Crippen molar-refractivity contribution in [3.05, 3.63) is 35.9 Å². The van der Waals surface area contributed by atoms with Crippen LogP contribution in [0.1, 0.15) is 25.3 Å². The predicted molar refractivity (Wildman–Crippen MR) is 71.3 cm³/mol. The van der Waals surface area contributed by atoms with Gasteiger partial charge in [-0.3, -0.25) is 0 Å². The highest BCUT2D eigenvalue weighted by atomic mass is 16.5. The number of ether oxygens (including phenoxy) is 1. The molecule has 2 nitrogen and oxygen atoms in total. The summed E-state index contributed by atoms with van der Waals surface area (Å²) < 4.78 is 5.43. The Morgan fingerprint density at radius 2 is 2.12 bits per heavy atom. The first kappa shape index (κ1) is 12.6. The zero-order valence-electron chi connectivity index (χ0n) is 10.9. The Hall–Kier alpha value is -0.860. The van der Waals surface area contributed by atoms with Crippen molar-refractivity contribution in [2.24, 2.45) is 5.92 Å². The van der Waals surface area contributed by atoms with E-state index in [9.17, 15) is 0 Å². The first-order valence-corrected chi connectivity index (χ1v) is 6.58. The van der Waals surface area contributed by atoms with Crippen molar-refractivity contribution in [2.75, 3.05) is 26.8 Å². The van der Waals surface area contributed by atoms with Crippen LogP contribution in [0.15, 0.2) is 30.3 Å². The number of rotatable bonds is 7. The fourth-order valence-corrected chi connectivity index (χ4v) is 2.74. The number of benzene rings is 1. The van der Waals surface area contributed by atoms with Crippen molar-refractivity contribution in [3.8, 4) is 0 Å². The fraction of sp³-hybridized carbons (Fsp3) is 0.600. The normalized spacial score (nSPS) is 27.1. The lowest BCUT2D eigenvalue weighted by Gasteiger charge is -2.17. The van der Waals surface area contributed by atoms with Crippen molar-refractivity contribution in [2.45, 2.75) is 25.2 Å². The first-order valence-electron chi connectivity index (χ1n) is 6.58. The van der Waals surface area contributed by atoms with Crippen LogP contribution in [-0.4, -0.2) is 26.8 Å². The molecular weight excluding hydrogens is 210 g/mol. The highest BCUT2D eigenvalue weighted by Crippen LogP contribution is 2.54. The summed E-state index contributed by atoms with van der Waals surface area (Å²) in [7, 11) is 1.81. The van der Waals surface area contributed by atoms with Gasteiger partial charge >= 0.3 is 0 Å². The Morgan fingerprint density at radius 1 is 1.35 bits per heavy atom. The van der Waals surface area contributed by atoms with Gasteiger partial charge in [-0.25, -0.2) is 0 Å². The van der Waals surface area contributed by atoms with Crippen LogP contribution in [0.5, 0.6) is 0 Å². The molecule has 0 aliphatic heterocycles. The molecule has 1 aromatic rings. The number of methoxy groups -OCH3 is 1. The molecule has 2 unspecified atom stereocenters. The Labute approximate surface area is 104 Å². The van der Waals surface area contributed by atoms with Gasteiger partial charge in [0.1, 0.15) is 0 Å². The van der Waals surface area contributed by atoms with Crippen LogP contribution in [0.3, 0.4) is 0 Å². The molecule has 1 saturated carbocycles. The topological polar surface area (TPSA) is 21.3 Å². The second-order valence-corrected chi connectivity index (χ2v) is 5.06. The number of hydrogen-bond acceptors (Lipinski definition) is 2. The lowest BCUT2D eigenvalue weighted by molar-refractivity contribution is 0.165. The third-order valence-electron chi connectivity index (χ3n) is 3.80. The fourth-order valence-electron chi connectivity index (χ4n) is 2.74. The molecule has 1 aliphatic rings. The minimum absolute atomic E-state index is 0.275. The quantitative estimate of drug-likeness (QED) is 0.731. The second-order valence-electron chi connectivity index (χ2n) is 5.06. The standard InChI is InChI=1S/C15H23NO/c1-3-9-16-11-14-10-15(14,12-17-2)13-7-5-4-6-8-13/h4-8,14,16H,3,9-12H2,1-2H3. The third kappa shape index (κ3) is 2.70. The molecule has 0 radical (unpaired) electrons. The van der Waals surface area contributed by atoms with Crippen molar-refractivity contribution in [1.82, 2.24) is 5.32 Å². The molecule has 17 heavy (non-hydrogen) atoms. The van der Waals surface area contributed by atoms with Crippen molar-refractivity contribution in [1.29, 1.82) is 0 Å². The molecule has 1 aromatic carbocycles. The summed E-state index contributed by atoms with van der Waals surface area (Å²) in [5.74, 6) is 0.733.